The van der Waals surface area contributed by atoms with Gasteiger partial charge in [-0.25, -0.2) is 0 Å². The molecule has 0 unspecified atom stereocenters. The molecular weight excluding hydrogens is 489 g/mol. The first-order chi connectivity index (χ1) is 14.2. The van der Waals surface area contributed by atoms with Crippen molar-refractivity contribution in [3.8, 4) is 0 Å². The van der Waals surface area contributed by atoms with Crippen LogP contribution in [-0.2, 0) is 0 Å². The van der Waals surface area contributed by atoms with Gasteiger partial charge in [-0.1, -0.05) is 105 Å². The van der Waals surface area contributed by atoms with Crippen LogP contribution in [0.4, 0.5) is 0 Å². The lowest BCUT2D eigenvalue weighted by atomic mass is 9.85. The highest BCUT2D eigenvalue weighted by molar-refractivity contribution is 4.76. The van der Waals surface area contributed by atoms with Crippen molar-refractivity contribution in [2.24, 2.45) is 0 Å². The second-order valence-electron chi connectivity index (χ2n) is 9.48. The maximum absolute atomic E-state index is 8.57. The van der Waals surface area contributed by atoms with Gasteiger partial charge in [0.25, 0.3) is 21.1 Å². The van der Waals surface area contributed by atoms with E-state index in [0.29, 0.717) is 5.54 Å². The van der Waals surface area contributed by atoms with Crippen molar-refractivity contribution in [2.75, 3.05) is 20.6 Å². The molecule has 0 aliphatic rings. The van der Waals surface area contributed by atoms with Gasteiger partial charge in [0.05, 0.1) is 26.2 Å². The summed E-state index contributed by atoms with van der Waals surface area (Å²) >= 11 is -4.01. The predicted molar refractivity (Wildman–Crippen MR) is 121 cm³/mol. The number of unbranched alkanes of at least 4 members (excludes halogenated alkanes) is 13. The normalized spacial score (nSPS) is 12.2. The van der Waals surface area contributed by atoms with E-state index in [1.807, 2.05) is 0 Å². The Bertz CT molecular complexity index is 336. The summed E-state index contributed by atoms with van der Waals surface area (Å²) in [5, 5.41) is 0. The summed E-state index contributed by atoms with van der Waals surface area (Å²) in [5.41, 5.74) is 0.497. The Morgan fingerprint density at radius 1 is 0.533 bits per heavy atom. The van der Waals surface area contributed by atoms with Gasteiger partial charge in [0, 0.05) is 0 Å². The first-order valence-corrected chi connectivity index (χ1v) is 15.4. The molecule has 0 spiro atoms. The summed E-state index contributed by atoms with van der Waals surface area (Å²) in [4.78, 5) is 0. The molecule has 0 aromatic heterocycles. The van der Waals surface area contributed by atoms with Crippen LogP contribution in [0.25, 0.3) is 0 Å². The molecule has 0 N–H and O–H groups in total. The van der Waals surface area contributed by atoms with Gasteiger partial charge in [0.15, 0.2) is 0 Å². The smallest absolute Gasteiger partial charge is 0.282 e. The summed E-state index contributed by atoms with van der Waals surface area (Å²) in [6.45, 7) is 10.8. The Morgan fingerprint density at radius 3 is 1.07 bits per heavy atom. The molecule has 184 valence electrons. The summed E-state index contributed by atoms with van der Waals surface area (Å²) < 4.78 is 26.9. The number of quaternary nitrogens is 1. The maximum Gasteiger partial charge on any atom is 0.282 e. The summed E-state index contributed by atoms with van der Waals surface area (Å²) in [6.07, 6.45) is 24.3. The second-order valence-corrected chi connectivity index (χ2v) is 10.6. The molecule has 0 fully saturated rings. The van der Waals surface area contributed by atoms with Crippen LogP contribution in [0.3, 0.4) is 0 Å². The van der Waals surface area contributed by atoms with Crippen LogP contribution in [0.5, 0.6) is 0 Å². The fourth-order valence-electron chi connectivity index (χ4n) is 4.97. The zero-order chi connectivity index (χ0) is 23.3. The molecule has 0 radical (unpaired) electrons. The molecule has 0 atom stereocenters. The lowest BCUT2D eigenvalue weighted by molar-refractivity contribution is -1.73. The standard InChI is InChI=1S/C25H54N.IO3/c1-7-11-12-13-14-15-16-17-18-19-20-21-22-23-24-26(5,6)25(8-2,9-3)10-4;2-1(3)4/h7-24H2,1-6H3;/q+1;-1. The highest BCUT2D eigenvalue weighted by Gasteiger charge is 2.40. The van der Waals surface area contributed by atoms with E-state index in [-0.39, 0.29) is 0 Å². The molecule has 30 heavy (non-hydrogen) atoms. The van der Waals surface area contributed by atoms with Crippen molar-refractivity contribution >= 4 is 0 Å². The summed E-state index contributed by atoms with van der Waals surface area (Å²) in [7, 11) is 4.94. The van der Waals surface area contributed by atoms with Gasteiger partial charge in [0.2, 0.25) is 0 Å². The van der Waals surface area contributed by atoms with Crippen LogP contribution in [0.1, 0.15) is 137 Å². The van der Waals surface area contributed by atoms with E-state index in [1.54, 1.807) is 0 Å². The Kier molecular flexibility index (Phi) is 23.4. The van der Waals surface area contributed by atoms with Gasteiger partial charge in [-0.3, -0.25) is 0 Å². The minimum absolute atomic E-state index is 0.497. The molecule has 0 amide bonds. The third-order valence-electron chi connectivity index (χ3n) is 7.33. The van der Waals surface area contributed by atoms with Crippen LogP contribution >= 0.6 is 0 Å². The topological polar surface area (TPSA) is 69.2 Å². The lowest BCUT2D eigenvalue weighted by Gasteiger charge is -2.48. The van der Waals surface area contributed by atoms with Crippen molar-refractivity contribution < 1.29 is 35.9 Å². The van der Waals surface area contributed by atoms with E-state index in [9.17, 15) is 0 Å². The quantitative estimate of drug-likeness (QED) is 0.142. The van der Waals surface area contributed by atoms with Crippen LogP contribution < -0.4 is 31.4 Å². The number of rotatable bonds is 19. The molecule has 0 aliphatic carbocycles. The molecular formula is C25H54INO3. The van der Waals surface area contributed by atoms with E-state index in [1.165, 1.54) is 120 Å². The number of nitrogens with zero attached hydrogens (tertiary/aromatic N) is 1. The number of hydrogen-bond acceptors (Lipinski definition) is 3. The van der Waals surface area contributed by atoms with Crippen molar-refractivity contribution in [1.82, 2.24) is 0 Å². The Labute approximate surface area is 198 Å². The molecule has 0 heterocycles. The zero-order valence-corrected chi connectivity index (χ0v) is 23.4. The SMILES string of the molecule is CCCCCCCCCCCCCCCC[N+](C)(C)C(CC)(CC)CC.[O-][I+2]([O-])[O-]. The molecule has 0 aromatic rings. The second kappa shape index (κ2) is 21.4. The third-order valence-corrected chi connectivity index (χ3v) is 7.33. The Morgan fingerprint density at radius 2 is 0.800 bits per heavy atom. The fourth-order valence-corrected chi connectivity index (χ4v) is 4.97. The third kappa shape index (κ3) is 17.2. The molecule has 0 rings (SSSR count). The highest BCUT2D eigenvalue weighted by Crippen LogP contribution is 2.32. The van der Waals surface area contributed by atoms with Gasteiger partial charge in [0.1, 0.15) is 0 Å². The van der Waals surface area contributed by atoms with Gasteiger partial charge in [-0.2, -0.15) is 0 Å². The van der Waals surface area contributed by atoms with Gasteiger partial charge in [-0.15, -0.1) is 0 Å². The number of halogens is 1. The molecule has 5 heteroatoms. The van der Waals surface area contributed by atoms with Crippen molar-refractivity contribution in [3.05, 3.63) is 0 Å². The fraction of sp³-hybridized carbons (Fsp3) is 1.00. The first kappa shape index (κ1) is 32.7. The summed E-state index contributed by atoms with van der Waals surface area (Å²) in [5.74, 6) is 0. The maximum atomic E-state index is 8.57. The Balaban J connectivity index is 0. The van der Waals surface area contributed by atoms with Crippen LogP contribution in [0, 0.1) is 0 Å². The average Bonchev–Trinajstić information content (AvgIpc) is 2.69. The van der Waals surface area contributed by atoms with Crippen molar-refractivity contribution in [3.63, 3.8) is 0 Å². The Hall–Kier alpha value is 0.570. The molecule has 0 aromatic carbocycles. The van der Waals surface area contributed by atoms with Gasteiger partial charge >= 0.3 is 0 Å². The molecule has 0 saturated carbocycles. The largest absolute Gasteiger partial charge is 0.427 e. The first-order valence-electron chi connectivity index (χ1n) is 12.8. The minimum atomic E-state index is -4.01. The molecule has 0 aliphatic heterocycles. The van der Waals surface area contributed by atoms with E-state index in [2.05, 4.69) is 41.8 Å². The molecule has 4 nitrogen and oxygen atoms in total. The highest BCUT2D eigenvalue weighted by atomic mass is 127. The van der Waals surface area contributed by atoms with E-state index in [0.717, 1.165) is 0 Å². The van der Waals surface area contributed by atoms with E-state index < -0.39 is 21.1 Å². The van der Waals surface area contributed by atoms with Gasteiger partial charge in [-0.05, 0) is 32.1 Å². The van der Waals surface area contributed by atoms with Crippen LogP contribution in [0.2, 0.25) is 0 Å². The molecule has 0 saturated heterocycles. The van der Waals surface area contributed by atoms with Crippen LogP contribution in [-0.4, -0.2) is 30.7 Å². The van der Waals surface area contributed by atoms with E-state index >= 15 is 0 Å². The zero-order valence-electron chi connectivity index (χ0n) is 21.3. The monoisotopic (exact) mass is 543 g/mol. The molecule has 0 bridgehead atoms. The van der Waals surface area contributed by atoms with Crippen molar-refractivity contribution in [1.29, 1.82) is 0 Å². The average molecular weight is 544 g/mol. The predicted octanol–water partition coefficient (Wildman–Crippen LogP) is 1.95. The number of hydrogen-bond donors (Lipinski definition) is 0. The van der Waals surface area contributed by atoms with Gasteiger partial charge < -0.3 is 14.8 Å². The lowest BCUT2D eigenvalue weighted by Crippen LogP contribution is -4.05. The summed E-state index contributed by atoms with van der Waals surface area (Å²) in [6, 6.07) is 0. The minimum Gasteiger partial charge on any atom is -0.427 e. The van der Waals surface area contributed by atoms with Crippen LogP contribution in [0.15, 0.2) is 0 Å². The van der Waals surface area contributed by atoms with E-state index in [4.69, 9.17) is 10.3 Å². The van der Waals surface area contributed by atoms with Crippen molar-refractivity contribution in [2.45, 2.75) is 142 Å².